The molecule has 3 rings (SSSR count). The molecule has 0 saturated heterocycles. The van der Waals surface area contributed by atoms with E-state index in [-0.39, 0.29) is 11.7 Å². The fourth-order valence-corrected chi connectivity index (χ4v) is 3.12. The lowest BCUT2D eigenvalue weighted by Crippen LogP contribution is -2.42. The third-order valence-corrected chi connectivity index (χ3v) is 4.52. The van der Waals surface area contributed by atoms with E-state index in [1.807, 2.05) is 41.8 Å². The molecule has 8 nitrogen and oxygen atoms in total. The van der Waals surface area contributed by atoms with Crippen molar-refractivity contribution in [1.82, 2.24) is 30.6 Å². The standard InChI is InChI=1S/C17H18N6O2S/c1-2-23-15(12-7-4-3-5-8-12)20-22-17(23)26-11-14(24)19-21-16(25)13-9-6-10-18-13/h3-10,18H,2,11H2,1H3,(H,19,24)(H,21,25). The van der Waals surface area contributed by atoms with Crippen LogP contribution in [-0.4, -0.2) is 37.3 Å². The quantitative estimate of drug-likeness (QED) is 0.454. The summed E-state index contributed by atoms with van der Waals surface area (Å²) in [6.07, 6.45) is 1.63. The summed E-state index contributed by atoms with van der Waals surface area (Å²) in [5.74, 6) is 0.132. The number of nitrogens with zero attached hydrogens (tertiary/aromatic N) is 3. The minimum absolute atomic E-state index is 0.109. The number of hydrogen-bond acceptors (Lipinski definition) is 5. The number of amides is 2. The number of aromatic amines is 1. The number of benzene rings is 1. The van der Waals surface area contributed by atoms with Crippen molar-refractivity contribution in [3.63, 3.8) is 0 Å². The van der Waals surface area contributed by atoms with Crippen LogP contribution in [0.2, 0.25) is 0 Å². The topological polar surface area (TPSA) is 105 Å². The number of carbonyl (C=O) groups excluding carboxylic acids is 2. The maximum absolute atomic E-state index is 12.0. The molecule has 0 spiro atoms. The second kappa shape index (κ2) is 8.34. The molecule has 0 bridgehead atoms. The molecule has 2 aromatic heterocycles. The third kappa shape index (κ3) is 4.12. The normalized spacial score (nSPS) is 10.5. The first kappa shape index (κ1) is 17.7. The van der Waals surface area contributed by atoms with Gasteiger partial charge in [-0.25, -0.2) is 0 Å². The summed E-state index contributed by atoms with van der Waals surface area (Å²) in [5.41, 5.74) is 6.08. The van der Waals surface area contributed by atoms with Crippen molar-refractivity contribution in [3.8, 4) is 11.4 Å². The SMILES string of the molecule is CCn1c(SCC(=O)NNC(=O)c2ccc[nH]2)nnc1-c1ccccc1. The van der Waals surface area contributed by atoms with Crippen LogP contribution < -0.4 is 10.9 Å². The van der Waals surface area contributed by atoms with Crippen molar-refractivity contribution >= 4 is 23.6 Å². The van der Waals surface area contributed by atoms with E-state index in [0.717, 1.165) is 11.4 Å². The van der Waals surface area contributed by atoms with Crippen LogP contribution in [0.1, 0.15) is 17.4 Å². The number of rotatable bonds is 6. The highest BCUT2D eigenvalue weighted by Gasteiger charge is 2.15. The first-order chi connectivity index (χ1) is 12.7. The van der Waals surface area contributed by atoms with E-state index < -0.39 is 5.91 Å². The molecule has 134 valence electrons. The Bertz CT molecular complexity index is 876. The van der Waals surface area contributed by atoms with Gasteiger partial charge in [0.25, 0.3) is 5.91 Å². The first-order valence-corrected chi connectivity index (χ1v) is 9.01. The maximum Gasteiger partial charge on any atom is 0.286 e. The van der Waals surface area contributed by atoms with Gasteiger partial charge < -0.3 is 9.55 Å². The second-order valence-electron chi connectivity index (χ2n) is 5.29. The van der Waals surface area contributed by atoms with E-state index in [2.05, 4.69) is 26.0 Å². The Morgan fingerprint density at radius 3 is 2.62 bits per heavy atom. The van der Waals surface area contributed by atoms with E-state index >= 15 is 0 Å². The zero-order valence-electron chi connectivity index (χ0n) is 14.1. The Hall–Kier alpha value is -3.07. The molecule has 9 heteroatoms. The van der Waals surface area contributed by atoms with Gasteiger partial charge in [0.2, 0.25) is 5.91 Å². The van der Waals surface area contributed by atoms with Crippen LogP contribution in [0.4, 0.5) is 0 Å². The highest BCUT2D eigenvalue weighted by Crippen LogP contribution is 2.23. The molecule has 0 aliphatic rings. The van der Waals surface area contributed by atoms with Crippen LogP contribution in [0.5, 0.6) is 0 Å². The zero-order valence-corrected chi connectivity index (χ0v) is 14.9. The van der Waals surface area contributed by atoms with Crippen LogP contribution >= 0.6 is 11.8 Å². The molecule has 2 heterocycles. The van der Waals surface area contributed by atoms with Gasteiger partial charge in [-0.05, 0) is 19.1 Å². The lowest BCUT2D eigenvalue weighted by molar-refractivity contribution is -0.119. The second-order valence-corrected chi connectivity index (χ2v) is 6.23. The number of aromatic nitrogens is 4. The van der Waals surface area contributed by atoms with Gasteiger partial charge in [0.1, 0.15) is 5.69 Å². The Morgan fingerprint density at radius 1 is 1.12 bits per heavy atom. The van der Waals surface area contributed by atoms with E-state index in [9.17, 15) is 9.59 Å². The number of hydrogen-bond donors (Lipinski definition) is 3. The minimum Gasteiger partial charge on any atom is -0.357 e. The molecule has 0 fully saturated rings. The summed E-state index contributed by atoms with van der Waals surface area (Å²) in [5, 5.41) is 9.05. The molecule has 0 unspecified atom stereocenters. The van der Waals surface area contributed by atoms with Gasteiger partial charge in [-0.15, -0.1) is 10.2 Å². The van der Waals surface area contributed by atoms with Crippen molar-refractivity contribution in [2.24, 2.45) is 0 Å². The average Bonchev–Trinajstić information content (AvgIpc) is 3.34. The van der Waals surface area contributed by atoms with E-state index in [1.54, 1.807) is 18.3 Å². The largest absolute Gasteiger partial charge is 0.357 e. The summed E-state index contributed by atoms with van der Waals surface area (Å²) < 4.78 is 1.95. The zero-order chi connectivity index (χ0) is 18.4. The summed E-state index contributed by atoms with van der Waals surface area (Å²) in [6.45, 7) is 2.68. The molecule has 3 N–H and O–H groups in total. The Morgan fingerprint density at radius 2 is 1.92 bits per heavy atom. The molecular weight excluding hydrogens is 352 g/mol. The minimum atomic E-state index is -0.406. The summed E-state index contributed by atoms with van der Waals surface area (Å²) in [7, 11) is 0. The lowest BCUT2D eigenvalue weighted by Gasteiger charge is -2.08. The van der Waals surface area contributed by atoms with Crippen LogP contribution in [0.15, 0.2) is 53.8 Å². The van der Waals surface area contributed by atoms with Crippen LogP contribution in [0.3, 0.4) is 0 Å². The van der Waals surface area contributed by atoms with E-state index in [4.69, 9.17) is 0 Å². The number of nitrogens with one attached hydrogen (secondary N) is 3. The molecule has 0 atom stereocenters. The highest BCUT2D eigenvalue weighted by atomic mass is 32.2. The first-order valence-electron chi connectivity index (χ1n) is 8.03. The molecule has 2 amide bonds. The van der Waals surface area contributed by atoms with Crippen LogP contribution in [0.25, 0.3) is 11.4 Å². The highest BCUT2D eigenvalue weighted by molar-refractivity contribution is 7.99. The fourth-order valence-electron chi connectivity index (χ4n) is 2.31. The molecule has 1 aromatic carbocycles. The van der Waals surface area contributed by atoms with Gasteiger partial charge in [-0.2, -0.15) is 0 Å². The molecule has 0 aliphatic heterocycles. The molecule has 3 aromatic rings. The van der Waals surface area contributed by atoms with E-state index in [1.165, 1.54) is 11.8 Å². The van der Waals surface area contributed by atoms with Crippen molar-refractivity contribution in [3.05, 3.63) is 54.4 Å². The molecule has 0 saturated carbocycles. The van der Waals surface area contributed by atoms with Gasteiger partial charge >= 0.3 is 0 Å². The van der Waals surface area contributed by atoms with Crippen molar-refractivity contribution in [1.29, 1.82) is 0 Å². The Kier molecular flexibility index (Phi) is 5.69. The Labute approximate surface area is 154 Å². The summed E-state index contributed by atoms with van der Waals surface area (Å²) >= 11 is 1.26. The van der Waals surface area contributed by atoms with Crippen molar-refractivity contribution in [2.45, 2.75) is 18.6 Å². The van der Waals surface area contributed by atoms with Gasteiger partial charge in [0.05, 0.1) is 5.75 Å². The predicted molar refractivity (Wildman–Crippen MR) is 98.3 cm³/mol. The lowest BCUT2D eigenvalue weighted by atomic mass is 10.2. The smallest absolute Gasteiger partial charge is 0.286 e. The average molecular weight is 370 g/mol. The number of carbonyl (C=O) groups is 2. The summed E-state index contributed by atoms with van der Waals surface area (Å²) in [6, 6.07) is 13.1. The third-order valence-electron chi connectivity index (χ3n) is 3.56. The number of H-pyrrole nitrogens is 1. The van der Waals surface area contributed by atoms with Crippen molar-refractivity contribution in [2.75, 3.05) is 5.75 Å². The molecule has 0 aliphatic carbocycles. The monoisotopic (exact) mass is 370 g/mol. The van der Waals surface area contributed by atoms with Gasteiger partial charge in [-0.1, -0.05) is 42.1 Å². The molecule has 0 radical (unpaired) electrons. The van der Waals surface area contributed by atoms with Crippen molar-refractivity contribution < 1.29 is 9.59 Å². The number of thioether (sulfide) groups is 1. The van der Waals surface area contributed by atoms with Crippen LogP contribution in [0, 0.1) is 0 Å². The van der Waals surface area contributed by atoms with Crippen LogP contribution in [-0.2, 0) is 11.3 Å². The van der Waals surface area contributed by atoms with Gasteiger partial charge in [-0.3, -0.25) is 20.4 Å². The molecule has 26 heavy (non-hydrogen) atoms. The predicted octanol–water partition coefficient (Wildman–Crippen LogP) is 1.85. The maximum atomic E-state index is 12.0. The van der Waals surface area contributed by atoms with E-state index in [0.29, 0.717) is 17.4 Å². The fraction of sp³-hybridized carbons (Fsp3) is 0.176. The van der Waals surface area contributed by atoms with Gasteiger partial charge in [0.15, 0.2) is 11.0 Å². The van der Waals surface area contributed by atoms with Gasteiger partial charge in [0, 0.05) is 18.3 Å². The Balaban J connectivity index is 1.57. The summed E-state index contributed by atoms with van der Waals surface area (Å²) in [4.78, 5) is 26.5. The number of hydrazine groups is 1. The molecular formula is C17H18N6O2S.